The molecular weight excluding hydrogens is 302 g/mol. The summed E-state index contributed by atoms with van der Waals surface area (Å²) >= 11 is 0. The van der Waals surface area contributed by atoms with E-state index >= 15 is 0 Å². The Hall–Kier alpha value is -2.22. The van der Waals surface area contributed by atoms with Gasteiger partial charge in [-0.25, -0.2) is 18.1 Å². The second-order valence-electron chi connectivity index (χ2n) is 4.82. The molecule has 2 heterocycles. The van der Waals surface area contributed by atoms with Crippen LogP contribution in [0.2, 0.25) is 0 Å². The topological polar surface area (TPSA) is 95.1 Å². The Balaban J connectivity index is 1.96. The highest BCUT2D eigenvalue weighted by atomic mass is 32.2. The number of benzene rings is 1. The molecule has 7 heteroatoms. The summed E-state index contributed by atoms with van der Waals surface area (Å²) in [7, 11) is -3.78. The fraction of sp³-hybridized carbons (Fsp3) is 0.133. The first-order valence-electron chi connectivity index (χ1n) is 6.72. The lowest BCUT2D eigenvalue weighted by Crippen LogP contribution is -2.30. The van der Waals surface area contributed by atoms with Gasteiger partial charge in [0.15, 0.2) is 0 Å². The molecule has 0 radical (unpaired) electrons. The van der Waals surface area contributed by atoms with Gasteiger partial charge in [-0.1, -0.05) is 30.3 Å². The van der Waals surface area contributed by atoms with Gasteiger partial charge in [-0.05, 0) is 17.7 Å². The fourth-order valence-electron chi connectivity index (χ4n) is 2.30. The molecule has 3 rings (SSSR count). The lowest BCUT2D eigenvalue weighted by atomic mass is 10.1. The lowest BCUT2D eigenvalue weighted by molar-refractivity contribution is 0.259. The number of aromatic nitrogens is 2. The van der Waals surface area contributed by atoms with Crippen molar-refractivity contribution >= 4 is 21.1 Å². The molecule has 0 aliphatic heterocycles. The minimum Gasteiger partial charge on any atom is -0.394 e. The third kappa shape index (κ3) is 2.74. The number of hydrogen-bond acceptors (Lipinski definition) is 4. The summed E-state index contributed by atoms with van der Waals surface area (Å²) in [5, 5.41) is 10.0. The molecule has 114 valence electrons. The summed E-state index contributed by atoms with van der Waals surface area (Å²) in [6.45, 7) is -0.330. The van der Waals surface area contributed by atoms with Gasteiger partial charge >= 0.3 is 0 Å². The summed E-state index contributed by atoms with van der Waals surface area (Å²) in [6, 6.07) is 11.6. The third-order valence-corrected chi connectivity index (χ3v) is 4.90. The maximum atomic E-state index is 12.6. The molecule has 0 fully saturated rings. The van der Waals surface area contributed by atoms with Crippen molar-refractivity contribution in [1.29, 1.82) is 0 Å². The van der Waals surface area contributed by atoms with Crippen molar-refractivity contribution in [2.75, 3.05) is 6.61 Å². The van der Waals surface area contributed by atoms with Crippen LogP contribution < -0.4 is 4.72 Å². The van der Waals surface area contributed by atoms with Crippen LogP contribution in [0.5, 0.6) is 0 Å². The van der Waals surface area contributed by atoms with E-state index in [-0.39, 0.29) is 11.5 Å². The number of aliphatic hydroxyl groups excluding tert-OH is 1. The molecule has 1 aromatic carbocycles. The molecule has 2 aromatic heterocycles. The van der Waals surface area contributed by atoms with Crippen molar-refractivity contribution in [3.63, 3.8) is 0 Å². The van der Waals surface area contributed by atoms with E-state index in [1.165, 1.54) is 6.20 Å². The highest BCUT2D eigenvalue weighted by molar-refractivity contribution is 7.89. The van der Waals surface area contributed by atoms with Gasteiger partial charge in [0.05, 0.1) is 12.6 Å². The van der Waals surface area contributed by atoms with Crippen molar-refractivity contribution < 1.29 is 13.5 Å². The van der Waals surface area contributed by atoms with Gasteiger partial charge in [-0.2, -0.15) is 0 Å². The van der Waals surface area contributed by atoms with Crippen LogP contribution in [0.1, 0.15) is 11.6 Å². The summed E-state index contributed by atoms with van der Waals surface area (Å²) in [4.78, 5) is 7.02. The average molecular weight is 317 g/mol. The Labute approximate surface area is 127 Å². The molecule has 0 spiro atoms. The predicted octanol–water partition coefficient (Wildman–Crippen LogP) is 1.57. The van der Waals surface area contributed by atoms with E-state index < -0.39 is 16.1 Å². The van der Waals surface area contributed by atoms with Gasteiger partial charge in [0.25, 0.3) is 0 Å². The highest BCUT2D eigenvalue weighted by Gasteiger charge is 2.23. The third-order valence-electron chi connectivity index (χ3n) is 3.38. The van der Waals surface area contributed by atoms with Crippen LogP contribution >= 0.6 is 0 Å². The van der Waals surface area contributed by atoms with Crippen molar-refractivity contribution in [3.8, 4) is 0 Å². The first-order valence-corrected chi connectivity index (χ1v) is 8.20. The zero-order chi connectivity index (χ0) is 15.6. The maximum absolute atomic E-state index is 12.6. The Kier molecular flexibility index (Phi) is 3.93. The van der Waals surface area contributed by atoms with Gasteiger partial charge in [0.2, 0.25) is 10.0 Å². The highest BCUT2D eigenvalue weighted by Crippen LogP contribution is 2.23. The van der Waals surface area contributed by atoms with Crippen LogP contribution in [-0.2, 0) is 10.0 Å². The number of fused-ring (bicyclic) bond motifs is 1. The normalized spacial score (nSPS) is 13.3. The van der Waals surface area contributed by atoms with E-state index in [4.69, 9.17) is 0 Å². The first kappa shape index (κ1) is 14.7. The van der Waals surface area contributed by atoms with Crippen LogP contribution in [0.3, 0.4) is 0 Å². The number of aromatic amines is 1. The molecule has 1 unspecified atom stereocenters. The number of aliphatic hydroxyl groups is 1. The molecule has 3 N–H and O–H groups in total. The molecule has 0 aliphatic rings. The van der Waals surface area contributed by atoms with Crippen LogP contribution in [0.15, 0.2) is 59.8 Å². The van der Waals surface area contributed by atoms with E-state index in [2.05, 4.69) is 14.7 Å². The van der Waals surface area contributed by atoms with Gasteiger partial charge in [0, 0.05) is 17.8 Å². The van der Waals surface area contributed by atoms with Gasteiger partial charge in [0.1, 0.15) is 10.5 Å². The second-order valence-corrected chi connectivity index (χ2v) is 6.50. The molecule has 0 saturated heterocycles. The smallest absolute Gasteiger partial charge is 0.243 e. The number of nitrogens with zero attached hydrogens (tertiary/aromatic N) is 1. The number of rotatable bonds is 5. The molecule has 0 aliphatic carbocycles. The summed E-state index contributed by atoms with van der Waals surface area (Å²) in [5.41, 5.74) is 1.20. The Morgan fingerprint density at radius 3 is 2.68 bits per heavy atom. The van der Waals surface area contributed by atoms with Crippen LogP contribution in [0.4, 0.5) is 0 Å². The summed E-state index contributed by atoms with van der Waals surface area (Å²) in [6.07, 6.45) is 2.99. The Bertz CT molecular complexity index is 875. The van der Waals surface area contributed by atoms with Crippen molar-refractivity contribution in [2.45, 2.75) is 10.9 Å². The molecule has 3 aromatic rings. The first-order chi connectivity index (χ1) is 10.6. The van der Waals surface area contributed by atoms with Gasteiger partial charge in [-0.15, -0.1) is 0 Å². The second kappa shape index (κ2) is 5.88. The minimum atomic E-state index is -3.78. The van der Waals surface area contributed by atoms with Crippen LogP contribution in [-0.4, -0.2) is 30.1 Å². The molecule has 6 nitrogen and oxygen atoms in total. The number of hydrogen-bond donors (Lipinski definition) is 3. The van der Waals surface area contributed by atoms with Gasteiger partial charge in [-0.3, -0.25) is 0 Å². The SMILES string of the molecule is O=S(=O)(NC(CO)c1ccccc1)c1c[nH]c2ncccc12. The number of pyridine rings is 1. The molecule has 0 bridgehead atoms. The monoisotopic (exact) mass is 317 g/mol. The van der Waals surface area contributed by atoms with E-state index in [9.17, 15) is 13.5 Å². The quantitative estimate of drug-likeness (QED) is 0.666. The lowest BCUT2D eigenvalue weighted by Gasteiger charge is -2.16. The number of H-pyrrole nitrogens is 1. The molecule has 0 saturated carbocycles. The van der Waals surface area contributed by atoms with Crippen molar-refractivity contribution in [2.24, 2.45) is 0 Å². The van der Waals surface area contributed by atoms with E-state index in [0.717, 1.165) is 0 Å². The molecule has 22 heavy (non-hydrogen) atoms. The zero-order valence-electron chi connectivity index (χ0n) is 11.6. The van der Waals surface area contributed by atoms with Crippen LogP contribution in [0.25, 0.3) is 11.0 Å². The molecular formula is C15H15N3O3S. The summed E-state index contributed by atoms with van der Waals surface area (Å²) < 4.78 is 27.7. The fourth-order valence-corrected chi connectivity index (χ4v) is 3.68. The maximum Gasteiger partial charge on any atom is 0.243 e. The van der Waals surface area contributed by atoms with Crippen molar-refractivity contribution in [1.82, 2.24) is 14.7 Å². The van der Waals surface area contributed by atoms with Crippen LogP contribution in [0, 0.1) is 0 Å². The Morgan fingerprint density at radius 2 is 1.95 bits per heavy atom. The average Bonchev–Trinajstić information content (AvgIpc) is 2.98. The standard InChI is InChI=1S/C15H15N3O3S/c19-10-13(11-5-2-1-3-6-11)18-22(20,21)14-9-17-15-12(14)7-4-8-16-15/h1-9,13,18-19H,10H2,(H,16,17). The predicted molar refractivity (Wildman–Crippen MR) is 82.7 cm³/mol. The van der Waals surface area contributed by atoms with E-state index in [1.54, 1.807) is 42.6 Å². The van der Waals surface area contributed by atoms with E-state index in [1.807, 2.05) is 6.07 Å². The molecule has 1 atom stereocenters. The zero-order valence-corrected chi connectivity index (χ0v) is 12.4. The summed E-state index contributed by atoms with van der Waals surface area (Å²) in [5.74, 6) is 0. The van der Waals surface area contributed by atoms with E-state index in [0.29, 0.717) is 16.6 Å². The minimum absolute atomic E-state index is 0.116. The number of nitrogens with one attached hydrogen (secondary N) is 2. The number of sulfonamides is 1. The Morgan fingerprint density at radius 1 is 1.18 bits per heavy atom. The van der Waals surface area contributed by atoms with Gasteiger partial charge < -0.3 is 10.1 Å². The largest absolute Gasteiger partial charge is 0.394 e. The molecule has 0 amide bonds. The van der Waals surface area contributed by atoms with Crippen molar-refractivity contribution in [3.05, 3.63) is 60.4 Å².